The summed E-state index contributed by atoms with van der Waals surface area (Å²) in [5.41, 5.74) is 0.944. The molecule has 2 rings (SSSR count). The SMILES string of the molecule is COC(=O)c1nccc2oc(C)cc12. The molecule has 72 valence electrons. The number of aromatic nitrogens is 1. The minimum atomic E-state index is -0.448. The van der Waals surface area contributed by atoms with Crippen molar-refractivity contribution in [1.82, 2.24) is 4.98 Å². The number of nitrogens with zero attached hydrogens (tertiary/aromatic N) is 1. The molecular weight excluding hydrogens is 182 g/mol. The van der Waals surface area contributed by atoms with Gasteiger partial charge in [-0.3, -0.25) is 0 Å². The van der Waals surface area contributed by atoms with Crippen molar-refractivity contribution in [2.45, 2.75) is 6.92 Å². The molecular formula is C10H9NO3. The predicted octanol–water partition coefficient (Wildman–Crippen LogP) is 1.92. The Hall–Kier alpha value is -1.84. The molecule has 0 amide bonds. The van der Waals surface area contributed by atoms with Crippen LogP contribution in [0.5, 0.6) is 0 Å². The number of hydrogen-bond acceptors (Lipinski definition) is 4. The van der Waals surface area contributed by atoms with E-state index >= 15 is 0 Å². The standard InChI is InChI=1S/C10H9NO3/c1-6-5-7-8(14-6)3-4-11-9(7)10(12)13-2/h3-5H,1-2H3. The average molecular weight is 191 g/mol. The number of aryl methyl sites for hydroxylation is 1. The van der Waals surface area contributed by atoms with Crippen LogP contribution in [0.3, 0.4) is 0 Å². The molecule has 2 aromatic heterocycles. The molecule has 0 aliphatic heterocycles. The van der Waals surface area contributed by atoms with Gasteiger partial charge in [0.05, 0.1) is 12.5 Å². The third-order valence-corrected chi connectivity index (χ3v) is 1.95. The van der Waals surface area contributed by atoms with E-state index in [1.165, 1.54) is 13.3 Å². The Balaban J connectivity index is 2.70. The second-order valence-corrected chi connectivity index (χ2v) is 2.92. The summed E-state index contributed by atoms with van der Waals surface area (Å²) in [6.07, 6.45) is 1.53. The van der Waals surface area contributed by atoms with Gasteiger partial charge < -0.3 is 9.15 Å². The summed E-state index contributed by atoms with van der Waals surface area (Å²) in [7, 11) is 1.33. The second-order valence-electron chi connectivity index (χ2n) is 2.92. The van der Waals surface area contributed by atoms with Crippen LogP contribution in [0.1, 0.15) is 16.2 Å². The van der Waals surface area contributed by atoms with E-state index in [1.807, 2.05) is 6.92 Å². The van der Waals surface area contributed by atoms with Crippen LogP contribution < -0.4 is 0 Å². The molecule has 0 aromatic carbocycles. The molecule has 14 heavy (non-hydrogen) atoms. The maximum atomic E-state index is 11.3. The lowest BCUT2D eigenvalue weighted by Crippen LogP contribution is -2.03. The highest BCUT2D eigenvalue weighted by Crippen LogP contribution is 2.21. The Morgan fingerprint density at radius 2 is 2.36 bits per heavy atom. The molecule has 2 aromatic rings. The fraction of sp³-hybridized carbons (Fsp3) is 0.200. The molecule has 0 radical (unpaired) electrons. The number of pyridine rings is 1. The average Bonchev–Trinajstić information content (AvgIpc) is 2.56. The van der Waals surface area contributed by atoms with Crippen molar-refractivity contribution in [3.05, 3.63) is 29.8 Å². The van der Waals surface area contributed by atoms with E-state index in [0.717, 1.165) is 5.76 Å². The van der Waals surface area contributed by atoms with Crippen LogP contribution in [0.25, 0.3) is 11.0 Å². The molecule has 0 spiro atoms. The van der Waals surface area contributed by atoms with Crippen molar-refractivity contribution in [2.75, 3.05) is 7.11 Å². The number of fused-ring (bicyclic) bond motifs is 1. The molecule has 0 aliphatic rings. The van der Waals surface area contributed by atoms with Crippen LogP contribution in [-0.2, 0) is 4.74 Å². The maximum Gasteiger partial charge on any atom is 0.357 e. The molecule has 2 heterocycles. The number of esters is 1. The van der Waals surface area contributed by atoms with E-state index in [0.29, 0.717) is 16.7 Å². The quantitative estimate of drug-likeness (QED) is 0.646. The molecule has 0 saturated carbocycles. The number of furan rings is 1. The number of ether oxygens (including phenoxy) is 1. The lowest BCUT2D eigenvalue weighted by atomic mass is 10.2. The van der Waals surface area contributed by atoms with Crippen LogP contribution in [0.2, 0.25) is 0 Å². The van der Waals surface area contributed by atoms with Gasteiger partial charge in [0.1, 0.15) is 11.3 Å². The largest absolute Gasteiger partial charge is 0.464 e. The Morgan fingerprint density at radius 3 is 3.07 bits per heavy atom. The van der Waals surface area contributed by atoms with Gasteiger partial charge in [-0.25, -0.2) is 9.78 Å². The van der Waals surface area contributed by atoms with Crippen molar-refractivity contribution < 1.29 is 13.9 Å². The highest BCUT2D eigenvalue weighted by Gasteiger charge is 2.13. The highest BCUT2D eigenvalue weighted by atomic mass is 16.5. The minimum absolute atomic E-state index is 0.293. The summed E-state index contributed by atoms with van der Waals surface area (Å²) < 4.78 is 9.97. The van der Waals surface area contributed by atoms with Gasteiger partial charge in [-0.15, -0.1) is 0 Å². The maximum absolute atomic E-state index is 11.3. The van der Waals surface area contributed by atoms with E-state index in [9.17, 15) is 4.79 Å². The number of methoxy groups -OCH3 is 1. The van der Waals surface area contributed by atoms with Crippen molar-refractivity contribution in [3.63, 3.8) is 0 Å². The smallest absolute Gasteiger partial charge is 0.357 e. The summed E-state index contributed by atoms with van der Waals surface area (Å²) in [5, 5.41) is 0.692. The Kier molecular flexibility index (Phi) is 1.96. The summed E-state index contributed by atoms with van der Waals surface area (Å²) in [6.45, 7) is 1.82. The molecule has 0 unspecified atom stereocenters. The van der Waals surface area contributed by atoms with Crippen LogP contribution in [0, 0.1) is 6.92 Å². The zero-order valence-corrected chi connectivity index (χ0v) is 7.90. The van der Waals surface area contributed by atoms with Crippen LogP contribution in [-0.4, -0.2) is 18.1 Å². The molecule has 4 heteroatoms. The molecule has 0 N–H and O–H groups in total. The third-order valence-electron chi connectivity index (χ3n) is 1.95. The van der Waals surface area contributed by atoms with Gasteiger partial charge in [-0.1, -0.05) is 0 Å². The molecule has 0 bridgehead atoms. The number of hydrogen-bond donors (Lipinski definition) is 0. The summed E-state index contributed by atoms with van der Waals surface area (Å²) in [6, 6.07) is 3.49. The van der Waals surface area contributed by atoms with Crippen molar-refractivity contribution >= 4 is 16.9 Å². The molecule has 0 fully saturated rings. The van der Waals surface area contributed by atoms with E-state index in [2.05, 4.69) is 9.72 Å². The number of carbonyl (C=O) groups excluding carboxylic acids is 1. The summed E-state index contributed by atoms with van der Waals surface area (Å²) in [5.74, 6) is 0.301. The monoisotopic (exact) mass is 191 g/mol. The zero-order valence-electron chi connectivity index (χ0n) is 7.90. The van der Waals surface area contributed by atoms with Gasteiger partial charge in [-0.2, -0.15) is 0 Å². The second kappa shape index (κ2) is 3.14. The number of rotatable bonds is 1. The van der Waals surface area contributed by atoms with Crippen LogP contribution in [0.15, 0.2) is 22.7 Å². The summed E-state index contributed by atoms with van der Waals surface area (Å²) >= 11 is 0. The minimum Gasteiger partial charge on any atom is -0.464 e. The van der Waals surface area contributed by atoms with Gasteiger partial charge in [0.15, 0.2) is 5.69 Å². The first-order chi connectivity index (χ1) is 6.72. The van der Waals surface area contributed by atoms with Gasteiger partial charge >= 0.3 is 5.97 Å². The third kappa shape index (κ3) is 1.25. The van der Waals surface area contributed by atoms with Crippen molar-refractivity contribution in [2.24, 2.45) is 0 Å². The molecule has 0 atom stereocenters. The van der Waals surface area contributed by atoms with Gasteiger partial charge in [0, 0.05) is 6.20 Å². The molecule has 0 saturated heterocycles. The van der Waals surface area contributed by atoms with Crippen LogP contribution in [0.4, 0.5) is 0 Å². The van der Waals surface area contributed by atoms with Gasteiger partial charge in [0.25, 0.3) is 0 Å². The topological polar surface area (TPSA) is 52.3 Å². The van der Waals surface area contributed by atoms with E-state index in [4.69, 9.17) is 4.42 Å². The zero-order chi connectivity index (χ0) is 10.1. The molecule has 4 nitrogen and oxygen atoms in total. The lowest BCUT2D eigenvalue weighted by Gasteiger charge is -1.97. The Bertz CT molecular complexity index is 487. The van der Waals surface area contributed by atoms with E-state index in [1.54, 1.807) is 12.1 Å². The van der Waals surface area contributed by atoms with Crippen LogP contribution >= 0.6 is 0 Å². The Morgan fingerprint density at radius 1 is 1.57 bits per heavy atom. The van der Waals surface area contributed by atoms with Gasteiger partial charge in [-0.05, 0) is 19.1 Å². The van der Waals surface area contributed by atoms with E-state index in [-0.39, 0.29) is 0 Å². The fourth-order valence-corrected chi connectivity index (χ4v) is 1.35. The first kappa shape index (κ1) is 8.74. The Labute approximate surface area is 80.5 Å². The summed E-state index contributed by atoms with van der Waals surface area (Å²) in [4.78, 5) is 15.3. The normalized spacial score (nSPS) is 10.4. The first-order valence-electron chi connectivity index (χ1n) is 4.16. The fourth-order valence-electron chi connectivity index (χ4n) is 1.35. The van der Waals surface area contributed by atoms with Crippen molar-refractivity contribution in [3.8, 4) is 0 Å². The van der Waals surface area contributed by atoms with Crippen molar-refractivity contribution in [1.29, 1.82) is 0 Å². The lowest BCUT2D eigenvalue weighted by molar-refractivity contribution is 0.0596. The van der Waals surface area contributed by atoms with E-state index < -0.39 is 5.97 Å². The predicted molar refractivity (Wildman–Crippen MR) is 50.1 cm³/mol. The molecule has 0 aliphatic carbocycles. The highest BCUT2D eigenvalue weighted by molar-refractivity contribution is 6.01. The number of carbonyl (C=O) groups is 1. The first-order valence-corrected chi connectivity index (χ1v) is 4.16. The van der Waals surface area contributed by atoms with Gasteiger partial charge in [0.2, 0.25) is 0 Å².